The van der Waals surface area contributed by atoms with E-state index in [0.717, 1.165) is 17.9 Å². The molecule has 1 heterocycles. The summed E-state index contributed by atoms with van der Waals surface area (Å²) >= 11 is 14.7. The van der Waals surface area contributed by atoms with Gasteiger partial charge in [-0.15, -0.1) is 22.9 Å². The molecule has 0 amide bonds. The van der Waals surface area contributed by atoms with Crippen LogP contribution in [0.4, 0.5) is 0 Å². The van der Waals surface area contributed by atoms with Gasteiger partial charge in [0.25, 0.3) is 0 Å². The Morgan fingerprint density at radius 3 is 2.84 bits per heavy atom. The van der Waals surface area contributed by atoms with Crippen molar-refractivity contribution in [3.05, 3.63) is 56.7 Å². The monoisotopic (exact) mass is 310 g/mol. The maximum absolute atomic E-state index is 6.75. The molecule has 1 aromatic heterocycles. The van der Waals surface area contributed by atoms with E-state index in [-0.39, 0.29) is 5.38 Å². The second-order valence-electron chi connectivity index (χ2n) is 5.15. The van der Waals surface area contributed by atoms with Crippen LogP contribution in [0.1, 0.15) is 34.2 Å². The lowest BCUT2D eigenvalue weighted by atomic mass is 9.92. The predicted octanol–water partition coefficient (Wildman–Crippen LogP) is 5.88. The Balaban J connectivity index is 1.86. The molecular formula is C16H16Cl2S. The van der Waals surface area contributed by atoms with Crippen LogP contribution in [0.5, 0.6) is 0 Å². The number of hydrogen-bond acceptors (Lipinski definition) is 1. The minimum absolute atomic E-state index is 0.108. The number of aryl methyl sites for hydroxylation is 1. The van der Waals surface area contributed by atoms with E-state index in [1.807, 2.05) is 6.07 Å². The fraction of sp³-hybridized carbons (Fsp3) is 0.375. The molecule has 1 aliphatic rings. The van der Waals surface area contributed by atoms with E-state index in [1.165, 1.54) is 28.8 Å². The van der Waals surface area contributed by atoms with Crippen LogP contribution in [0.25, 0.3) is 0 Å². The zero-order valence-electron chi connectivity index (χ0n) is 10.6. The summed E-state index contributed by atoms with van der Waals surface area (Å²) in [5, 5.41) is 3.06. The molecule has 2 atom stereocenters. The quantitative estimate of drug-likeness (QED) is 0.480. The van der Waals surface area contributed by atoms with Crippen LogP contribution in [0.3, 0.4) is 0 Å². The summed E-state index contributed by atoms with van der Waals surface area (Å²) in [7, 11) is 0. The Labute approximate surface area is 128 Å². The maximum Gasteiger partial charge on any atom is 0.0619 e. The van der Waals surface area contributed by atoms with Gasteiger partial charge in [0.1, 0.15) is 0 Å². The van der Waals surface area contributed by atoms with Crippen molar-refractivity contribution in [1.29, 1.82) is 0 Å². The normalized spacial score (nSPS) is 22.8. The van der Waals surface area contributed by atoms with Gasteiger partial charge in [0.2, 0.25) is 0 Å². The molecule has 3 rings (SSSR count). The first-order chi connectivity index (χ1) is 9.25. The topological polar surface area (TPSA) is 0 Å². The highest BCUT2D eigenvalue weighted by Gasteiger charge is 2.26. The van der Waals surface area contributed by atoms with Crippen LogP contribution in [0.15, 0.2) is 35.7 Å². The Hall–Kier alpha value is -0.500. The van der Waals surface area contributed by atoms with Gasteiger partial charge in [0, 0.05) is 4.88 Å². The summed E-state index contributed by atoms with van der Waals surface area (Å²) < 4.78 is 0. The molecule has 1 aliphatic carbocycles. The molecule has 3 heteroatoms. The summed E-state index contributed by atoms with van der Waals surface area (Å²) in [5.41, 5.74) is 2.74. The fourth-order valence-corrected chi connectivity index (χ4v) is 4.54. The smallest absolute Gasteiger partial charge is 0.0619 e. The summed E-state index contributed by atoms with van der Waals surface area (Å²) in [5.74, 6) is 0.487. The average molecular weight is 311 g/mol. The molecule has 0 N–H and O–H groups in total. The summed E-state index contributed by atoms with van der Waals surface area (Å²) in [4.78, 5) is 1.27. The molecule has 0 spiro atoms. The van der Waals surface area contributed by atoms with E-state index >= 15 is 0 Å². The van der Waals surface area contributed by atoms with E-state index in [9.17, 15) is 0 Å². The standard InChI is InChI=1S/C16H16Cl2S/c17-14-8-9-19-15(14)10-12-6-3-5-11-4-1-2-7-13(11)16(12)18/h1-2,4,7-9,12,16H,3,5-6,10H2. The largest absolute Gasteiger partial charge is 0.147 e. The van der Waals surface area contributed by atoms with Crippen molar-refractivity contribution >= 4 is 34.5 Å². The number of thiophene rings is 1. The number of hydrogen-bond donors (Lipinski definition) is 0. The van der Waals surface area contributed by atoms with Crippen molar-refractivity contribution in [1.82, 2.24) is 0 Å². The van der Waals surface area contributed by atoms with Gasteiger partial charge < -0.3 is 0 Å². The molecule has 0 saturated carbocycles. The van der Waals surface area contributed by atoms with Gasteiger partial charge in [-0.25, -0.2) is 0 Å². The lowest BCUT2D eigenvalue weighted by Gasteiger charge is -2.20. The van der Waals surface area contributed by atoms with E-state index in [1.54, 1.807) is 11.3 Å². The third kappa shape index (κ3) is 2.84. The highest BCUT2D eigenvalue weighted by atomic mass is 35.5. The van der Waals surface area contributed by atoms with Crippen molar-refractivity contribution < 1.29 is 0 Å². The third-order valence-corrected chi connectivity index (χ3v) is 5.93. The van der Waals surface area contributed by atoms with Crippen LogP contribution < -0.4 is 0 Å². The second-order valence-corrected chi connectivity index (χ2v) is 7.03. The Bertz CT molecular complexity index is 561. The number of rotatable bonds is 2. The van der Waals surface area contributed by atoms with Crippen molar-refractivity contribution in [2.75, 3.05) is 0 Å². The maximum atomic E-state index is 6.75. The Morgan fingerprint density at radius 2 is 2.05 bits per heavy atom. The molecular weight excluding hydrogens is 295 g/mol. The van der Waals surface area contributed by atoms with E-state index in [4.69, 9.17) is 23.2 Å². The first-order valence-electron chi connectivity index (χ1n) is 6.69. The molecule has 1 aromatic carbocycles. The predicted molar refractivity (Wildman–Crippen MR) is 84.5 cm³/mol. The van der Waals surface area contributed by atoms with Crippen LogP contribution >= 0.6 is 34.5 Å². The molecule has 0 aliphatic heterocycles. The van der Waals surface area contributed by atoms with E-state index in [0.29, 0.717) is 5.92 Å². The lowest BCUT2D eigenvalue weighted by Crippen LogP contribution is -2.10. The van der Waals surface area contributed by atoms with Crippen molar-refractivity contribution in [3.8, 4) is 0 Å². The highest BCUT2D eigenvalue weighted by Crippen LogP contribution is 2.41. The summed E-state index contributed by atoms with van der Waals surface area (Å²) in [6.45, 7) is 0. The highest BCUT2D eigenvalue weighted by molar-refractivity contribution is 7.10. The Morgan fingerprint density at radius 1 is 1.21 bits per heavy atom. The zero-order chi connectivity index (χ0) is 13.2. The first kappa shape index (κ1) is 13.5. The van der Waals surface area contributed by atoms with Crippen molar-refractivity contribution in [2.24, 2.45) is 5.92 Å². The van der Waals surface area contributed by atoms with Gasteiger partial charge in [-0.3, -0.25) is 0 Å². The lowest BCUT2D eigenvalue weighted by molar-refractivity contribution is 0.468. The average Bonchev–Trinajstić information content (AvgIpc) is 2.75. The van der Waals surface area contributed by atoms with Gasteiger partial charge in [0.15, 0.2) is 0 Å². The summed E-state index contributed by atoms with van der Waals surface area (Å²) in [6.07, 6.45) is 4.54. The molecule has 0 nitrogen and oxygen atoms in total. The fourth-order valence-electron chi connectivity index (χ4n) is 2.90. The van der Waals surface area contributed by atoms with Crippen molar-refractivity contribution in [2.45, 2.75) is 31.1 Å². The molecule has 2 unspecified atom stereocenters. The summed E-state index contributed by atoms with van der Waals surface area (Å²) in [6, 6.07) is 10.6. The van der Waals surface area contributed by atoms with Crippen LogP contribution in [-0.4, -0.2) is 0 Å². The first-order valence-corrected chi connectivity index (χ1v) is 8.39. The number of halogens is 2. The van der Waals surface area contributed by atoms with Gasteiger partial charge >= 0.3 is 0 Å². The van der Waals surface area contributed by atoms with Crippen LogP contribution in [-0.2, 0) is 12.8 Å². The minimum atomic E-state index is 0.108. The molecule has 0 saturated heterocycles. The molecule has 0 bridgehead atoms. The SMILES string of the molecule is Clc1ccsc1CC1CCCc2ccccc2C1Cl. The molecule has 0 radical (unpaired) electrons. The van der Waals surface area contributed by atoms with Crippen LogP contribution in [0.2, 0.25) is 5.02 Å². The van der Waals surface area contributed by atoms with Gasteiger partial charge in [-0.05, 0) is 54.2 Å². The van der Waals surface area contributed by atoms with Gasteiger partial charge in [-0.1, -0.05) is 35.9 Å². The molecule has 0 fully saturated rings. The molecule has 2 aromatic rings. The third-order valence-electron chi connectivity index (χ3n) is 3.93. The van der Waals surface area contributed by atoms with Crippen molar-refractivity contribution in [3.63, 3.8) is 0 Å². The molecule has 19 heavy (non-hydrogen) atoms. The van der Waals surface area contributed by atoms with E-state index in [2.05, 4.69) is 29.6 Å². The van der Waals surface area contributed by atoms with Crippen LogP contribution in [0, 0.1) is 5.92 Å². The number of alkyl halides is 1. The van der Waals surface area contributed by atoms with Gasteiger partial charge in [-0.2, -0.15) is 0 Å². The van der Waals surface area contributed by atoms with E-state index < -0.39 is 0 Å². The van der Waals surface area contributed by atoms with Gasteiger partial charge in [0.05, 0.1) is 10.4 Å². The Kier molecular flexibility index (Phi) is 4.16. The number of fused-ring (bicyclic) bond motifs is 1. The molecule has 100 valence electrons. The number of benzene rings is 1. The zero-order valence-corrected chi connectivity index (χ0v) is 12.9. The second kappa shape index (κ2) is 5.87. The minimum Gasteiger partial charge on any atom is -0.147 e.